The summed E-state index contributed by atoms with van der Waals surface area (Å²) in [6, 6.07) is 0. The Labute approximate surface area is 67.0 Å². The van der Waals surface area contributed by atoms with Crippen LogP contribution >= 0.6 is 10.7 Å². The lowest BCUT2D eigenvalue weighted by molar-refractivity contribution is 0.585. The van der Waals surface area contributed by atoms with E-state index in [-0.39, 0.29) is 0 Å². The van der Waals surface area contributed by atoms with Gasteiger partial charge in [0.15, 0.2) is 0 Å². The number of hydrogen-bond donors (Lipinski definition) is 0. The molecule has 0 spiro atoms. The van der Waals surface area contributed by atoms with E-state index in [9.17, 15) is 8.42 Å². The van der Waals surface area contributed by atoms with Crippen molar-refractivity contribution in [1.29, 1.82) is 0 Å². The Bertz CT molecular complexity index is 174. The van der Waals surface area contributed by atoms with Crippen molar-refractivity contribution >= 4 is 19.7 Å². The van der Waals surface area contributed by atoms with Gasteiger partial charge in [0.05, 0.1) is 5.25 Å². The zero-order valence-electron chi connectivity index (χ0n) is 6.30. The van der Waals surface area contributed by atoms with Crippen molar-refractivity contribution < 1.29 is 8.42 Å². The van der Waals surface area contributed by atoms with Gasteiger partial charge in [-0.15, -0.1) is 0 Å². The molecule has 10 heavy (non-hydrogen) atoms. The number of unbranched alkanes of at least 4 members (excludes halogenated alkanes) is 1. The van der Waals surface area contributed by atoms with Crippen LogP contribution in [0, 0.1) is 0 Å². The molecule has 0 bridgehead atoms. The van der Waals surface area contributed by atoms with Crippen molar-refractivity contribution in [3.05, 3.63) is 0 Å². The average Bonchev–Trinajstić information content (AvgIpc) is 1.80. The molecule has 0 aliphatic heterocycles. The topological polar surface area (TPSA) is 34.1 Å². The van der Waals surface area contributed by atoms with E-state index in [0.29, 0.717) is 6.42 Å². The Morgan fingerprint density at radius 1 is 1.50 bits per heavy atom. The Balaban J connectivity index is 3.75. The summed E-state index contributed by atoms with van der Waals surface area (Å²) in [4.78, 5) is 0. The summed E-state index contributed by atoms with van der Waals surface area (Å²) in [6.07, 6.45) is 2.60. The fourth-order valence-electron chi connectivity index (χ4n) is 0.632. The molecular formula is C6H13ClO2S. The third-order valence-electron chi connectivity index (χ3n) is 1.44. The van der Waals surface area contributed by atoms with Gasteiger partial charge in [-0.2, -0.15) is 0 Å². The lowest BCUT2D eigenvalue weighted by Crippen LogP contribution is -2.10. The van der Waals surface area contributed by atoms with Crippen molar-refractivity contribution in [2.45, 2.75) is 38.4 Å². The van der Waals surface area contributed by atoms with Crippen LogP contribution in [0.4, 0.5) is 0 Å². The van der Waals surface area contributed by atoms with Crippen LogP contribution in [-0.4, -0.2) is 13.7 Å². The molecule has 0 heterocycles. The van der Waals surface area contributed by atoms with Gasteiger partial charge in [-0.3, -0.25) is 0 Å². The van der Waals surface area contributed by atoms with Crippen molar-refractivity contribution in [3.63, 3.8) is 0 Å². The third kappa shape index (κ3) is 4.12. The minimum Gasteiger partial charge on any atom is -0.212 e. The molecule has 1 atom stereocenters. The van der Waals surface area contributed by atoms with Gasteiger partial charge in [0, 0.05) is 10.7 Å². The summed E-state index contributed by atoms with van der Waals surface area (Å²) in [5.74, 6) is 0. The van der Waals surface area contributed by atoms with E-state index in [1.54, 1.807) is 6.92 Å². The summed E-state index contributed by atoms with van der Waals surface area (Å²) < 4.78 is 21.2. The lowest BCUT2D eigenvalue weighted by Gasteiger charge is -2.04. The fraction of sp³-hybridized carbons (Fsp3) is 1.00. The van der Waals surface area contributed by atoms with Gasteiger partial charge in [-0.05, 0) is 13.3 Å². The van der Waals surface area contributed by atoms with Gasteiger partial charge in [0.2, 0.25) is 9.05 Å². The van der Waals surface area contributed by atoms with Crippen LogP contribution in [0.2, 0.25) is 0 Å². The normalized spacial score (nSPS) is 15.1. The van der Waals surface area contributed by atoms with Crippen LogP contribution in [0.15, 0.2) is 0 Å². The highest BCUT2D eigenvalue weighted by Gasteiger charge is 2.15. The maximum absolute atomic E-state index is 10.6. The summed E-state index contributed by atoms with van der Waals surface area (Å²) in [6.45, 7) is 3.66. The molecule has 2 nitrogen and oxygen atoms in total. The van der Waals surface area contributed by atoms with E-state index in [1.165, 1.54) is 0 Å². The van der Waals surface area contributed by atoms with E-state index in [0.717, 1.165) is 12.8 Å². The highest BCUT2D eigenvalue weighted by Crippen LogP contribution is 2.12. The molecule has 4 heteroatoms. The summed E-state index contributed by atoms with van der Waals surface area (Å²) in [7, 11) is 1.79. The van der Waals surface area contributed by atoms with Crippen molar-refractivity contribution in [3.8, 4) is 0 Å². The SMILES string of the molecule is CCCC[C@H](C)S(=O)(=O)Cl. The number of halogens is 1. The molecule has 0 amide bonds. The van der Waals surface area contributed by atoms with Crippen LogP contribution < -0.4 is 0 Å². The Kier molecular flexibility index (Phi) is 4.29. The molecule has 0 aromatic carbocycles. The molecule has 0 aromatic heterocycles. The van der Waals surface area contributed by atoms with Gasteiger partial charge in [0.25, 0.3) is 0 Å². The van der Waals surface area contributed by atoms with E-state index in [1.807, 2.05) is 6.92 Å². The van der Waals surface area contributed by atoms with E-state index in [4.69, 9.17) is 10.7 Å². The molecule has 0 aliphatic rings. The maximum atomic E-state index is 10.6. The molecule has 0 aromatic rings. The lowest BCUT2D eigenvalue weighted by atomic mass is 10.2. The minimum atomic E-state index is -3.30. The predicted octanol–water partition coefficient (Wildman–Crippen LogP) is 2.13. The van der Waals surface area contributed by atoms with Gasteiger partial charge < -0.3 is 0 Å². The highest BCUT2D eigenvalue weighted by atomic mass is 35.7. The third-order valence-corrected chi connectivity index (χ3v) is 3.55. The molecular weight excluding hydrogens is 172 g/mol. The molecule has 0 saturated carbocycles. The second-order valence-electron chi connectivity index (χ2n) is 2.43. The molecule has 0 fully saturated rings. The van der Waals surface area contributed by atoms with Crippen molar-refractivity contribution in [2.24, 2.45) is 0 Å². The molecule has 0 radical (unpaired) electrons. The molecule has 0 unspecified atom stereocenters. The largest absolute Gasteiger partial charge is 0.235 e. The number of rotatable bonds is 4. The van der Waals surface area contributed by atoms with Gasteiger partial charge in [-0.1, -0.05) is 19.8 Å². The fourth-order valence-corrected chi connectivity index (χ4v) is 1.35. The number of hydrogen-bond acceptors (Lipinski definition) is 2. The highest BCUT2D eigenvalue weighted by molar-refractivity contribution is 8.14. The standard InChI is InChI=1S/C6H13ClO2S/c1-3-4-5-6(2)10(7,8)9/h6H,3-5H2,1-2H3/t6-/m0/s1. The smallest absolute Gasteiger partial charge is 0.212 e. The average molecular weight is 185 g/mol. The van der Waals surface area contributed by atoms with Crippen LogP contribution in [0.5, 0.6) is 0 Å². The van der Waals surface area contributed by atoms with Gasteiger partial charge in [0.1, 0.15) is 0 Å². The first-order chi connectivity index (χ1) is 4.48. The summed E-state index contributed by atoms with van der Waals surface area (Å²) in [5, 5.41) is -0.394. The first kappa shape index (κ1) is 10.2. The Morgan fingerprint density at radius 2 is 2.00 bits per heavy atom. The first-order valence-electron chi connectivity index (χ1n) is 3.42. The molecule has 0 aliphatic carbocycles. The zero-order chi connectivity index (χ0) is 8.20. The van der Waals surface area contributed by atoms with Crippen molar-refractivity contribution in [2.75, 3.05) is 0 Å². The van der Waals surface area contributed by atoms with Gasteiger partial charge >= 0.3 is 0 Å². The maximum Gasteiger partial charge on any atom is 0.235 e. The quantitative estimate of drug-likeness (QED) is 0.628. The van der Waals surface area contributed by atoms with E-state index < -0.39 is 14.3 Å². The second-order valence-corrected chi connectivity index (χ2v) is 5.47. The molecule has 0 rings (SSSR count). The van der Waals surface area contributed by atoms with Gasteiger partial charge in [-0.25, -0.2) is 8.42 Å². The Morgan fingerprint density at radius 3 is 2.30 bits per heavy atom. The van der Waals surface area contributed by atoms with Crippen LogP contribution in [0.3, 0.4) is 0 Å². The van der Waals surface area contributed by atoms with E-state index in [2.05, 4.69) is 0 Å². The minimum absolute atomic E-state index is 0.394. The summed E-state index contributed by atoms with van der Waals surface area (Å²) in [5.41, 5.74) is 0. The molecule has 62 valence electrons. The predicted molar refractivity (Wildman–Crippen MR) is 43.8 cm³/mol. The van der Waals surface area contributed by atoms with Crippen molar-refractivity contribution in [1.82, 2.24) is 0 Å². The summed E-state index contributed by atoms with van der Waals surface area (Å²) >= 11 is 0. The zero-order valence-corrected chi connectivity index (χ0v) is 7.87. The Hall–Kier alpha value is 0.240. The monoisotopic (exact) mass is 184 g/mol. The van der Waals surface area contributed by atoms with Crippen LogP contribution in [-0.2, 0) is 9.05 Å². The van der Waals surface area contributed by atoms with Crippen LogP contribution in [0.1, 0.15) is 33.1 Å². The first-order valence-corrected chi connectivity index (χ1v) is 5.79. The second kappa shape index (κ2) is 4.19. The molecule has 0 N–H and O–H groups in total. The van der Waals surface area contributed by atoms with E-state index >= 15 is 0 Å². The molecule has 0 saturated heterocycles. The van der Waals surface area contributed by atoms with Crippen LogP contribution in [0.25, 0.3) is 0 Å².